The van der Waals surface area contributed by atoms with Crippen LogP contribution in [0, 0.1) is 5.82 Å². The van der Waals surface area contributed by atoms with Crippen LogP contribution in [0.1, 0.15) is 28.9 Å². The Hall–Kier alpha value is -3.20. The van der Waals surface area contributed by atoms with Crippen molar-refractivity contribution in [2.45, 2.75) is 19.1 Å². The third kappa shape index (κ3) is 3.28. The third-order valence-corrected chi connectivity index (χ3v) is 4.34. The minimum absolute atomic E-state index is 0.240. The number of aliphatic hydroxyl groups excluding tert-OH is 1. The van der Waals surface area contributed by atoms with E-state index in [2.05, 4.69) is 20.7 Å². The number of aliphatic hydroxyl groups is 1. The number of aromatic nitrogens is 3. The van der Waals surface area contributed by atoms with E-state index >= 15 is 0 Å². The molecule has 27 heavy (non-hydrogen) atoms. The number of hydrogen-bond donors (Lipinski definition) is 3. The van der Waals surface area contributed by atoms with Gasteiger partial charge in [0.25, 0.3) is 5.91 Å². The fourth-order valence-corrected chi connectivity index (χ4v) is 3.00. The normalized spacial score (nSPS) is 19.9. The minimum Gasteiger partial charge on any atom is -0.489 e. The van der Waals surface area contributed by atoms with Crippen molar-refractivity contribution in [1.29, 1.82) is 0 Å². The van der Waals surface area contributed by atoms with Gasteiger partial charge in [-0.1, -0.05) is 0 Å². The van der Waals surface area contributed by atoms with Crippen molar-refractivity contribution >= 4 is 17.4 Å². The Balaban J connectivity index is 1.84. The molecule has 3 N–H and O–H groups in total. The Kier molecular flexibility index (Phi) is 4.36. The molecule has 3 heterocycles. The lowest BCUT2D eigenvalue weighted by molar-refractivity contribution is 0.0933. The highest BCUT2D eigenvalue weighted by Crippen LogP contribution is 2.29. The first-order valence-corrected chi connectivity index (χ1v) is 8.51. The maximum Gasteiger partial charge on any atom is 0.256 e. The Bertz CT molecular complexity index is 1010. The van der Waals surface area contributed by atoms with E-state index in [-0.39, 0.29) is 25.2 Å². The smallest absolute Gasteiger partial charge is 0.256 e. The highest BCUT2D eigenvalue weighted by Gasteiger charge is 2.22. The number of anilines is 1. The van der Waals surface area contributed by atoms with Gasteiger partial charge in [-0.3, -0.25) is 4.79 Å². The predicted molar refractivity (Wildman–Crippen MR) is 95.3 cm³/mol. The van der Waals surface area contributed by atoms with Gasteiger partial charge in [0.15, 0.2) is 5.65 Å². The van der Waals surface area contributed by atoms with Crippen LogP contribution in [-0.2, 0) is 0 Å². The van der Waals surface area contributed by atoms with E-state index < -0.39 is 11.9 Å². The maximum absolute atomic E-state index is 13.8. The van der Waals surface area contributed by atoms with Gasteiger partial charge in [0.05, 0.1) is 25.4 Å². The molecule has 1 aliphatic rings. The molecule has 1 amide bonds. The lowest BCUT2D eigenvalue weighted by atomic mass is 10.1. The topological polar surface area (TPSA) is 101 Å². The molecule has 0 fully saturated rings. The van der Waals surface area contributed by atoms with Crippen LogP contribution in [-0.4, -0.2) is 44.9 Å². The average molecular weight is 371 g/mol. The van der Waals surface area contributed by atoms with Crippen LogP contribution in [0.15, 0.2) is 36.7 Å². The molecule has 4 rings (SSSR count). The number of halogens is 1. The Morgan fingerprint density at radius 3 is 3.07 bits per heavy atom. The van der Waals surface area contributed by atoms with Crippen LogP contribution >= 0.6 is 0 Å². The number of nitrogens with zero attached hydrogens (tertiary/aromatic N) is 3. The third-order valence-electron chi connectivity index (χ3n) is 4.34. The van der Waals surface area contributed by atoms with E-state index in [1.54, 1.807) is 19.2 Å². The first-order valence-electron chi connectivity index (χ1n) is 8.51. The van der Waals surface area contributed by atoms with Gasteiger partial charge in [0.2, 0.25) is 0 Å². The summed E-state index contributed by atoms with van der Waals surface area (Å²) in [5.74, 6) is 0.0818. The first-order chi connectivity index (χ1) is 13.0. The molecule has 0 radical (unpaired) electrons. The number of nitrogens with one attached hydrogen (secondary N) is 2. The predicted octanol–water partition coefficient (Wildman–Crippen LogP) is 1.52. The number of carbonyl (C=O) groups excluding carboxylic acids is 1. The second-order valence-electron chi connectivity index (χ2n) is 6.34. The number of rotatable bonds is 1. The summed E-state index contributed by atoms with van der Waals surface area (Å²) in [7, 11) is 0. The Morgan fingerprint density at radius 2 is 2.26 bits per heavy atom. The van der Waals surface area contributed by atoms with Gasteiger partial charge in [-0.15, -0.1) is 0 Å². The SMILES string of the molecule is C[C@H]1CNC(=O)c2cnn3ccc(nc23)N[C@H](CO)c2cc(F)ccc2O1. The van der Waals surface area contributed by atoms with Gasteiger partial charge in [0, 0.05) is 11.8 Å². The molecular weight excluding hydrogens is 353 g/mol. The molecule has 1 aromatic carbocycles. The number of fused-ring (bicyclic) bond motifs is 2. The van der Waals surface area contributed by atoms with Gasteiger partial charge in [-0.2, -0.15) is 5.10 Å². The molecule has 9 heteroatoms. The van der Waals surface area contributed by atoms with Gasteiger partial charge in [-0.25, -0.2) is 13.9 Å². The summed E-state index contributed by atoms with van der Waals surface area (Å²) >= 11 is 0. The van der Waals surface area contributed by atoms with Crippen LogP contribution in [0.4, 0.5) is 10.2 Å². The molecule has 2 aromatic heterocycles. The van der Waals surface area contributed by atoms with E-state index in [9.17, 15) is 14.3 Å². The molecule has 0 saturated carbocycles. The lowest BCUT2D eigenvalue weighted by Crippen LogP contribution is -2.33. The monoisotopic (exact) mass is 371 g/mol. The minimum atomic E-state index is -0.645. The van der Waals surface area contributed by atoms with Gasteiger partial charge >= 0.3 is 0 Å². The number of benzene rings is 1. The zero-order chi connectivity index (χ0) is 19.0. The number of carbonyl (C=O) groups is 1. The zero-order valence-corrected chi connectivity index (χ0v) is 14.5. The molecular formula is C18H18FN5O3. The van der Waals surface area contributed by atoms with E-state index in [4.69, 9.17) is 4.74 Å². The summed E-state index contributed by atoms with van der Waals surface area (Å²) in [5.41, 5.74) is 1.17. The largest absolute Gasteiger partial charge is 0.489 e. The van der Waals surface area contributed by atoms with Crippen LogP contribution in [0.5, 0.6) is 5.75 Å². The van der Waals surface area contributed by atoms with Crippen LogP contribution in [0.25, 0.3) is 5.65 Å². The van der Waals surface area contributed by atoms with Crippen molar-refractivity contribution < 1.29 is 19.0 Å². The van der Waals surface area contributed by atoms with Crippen molar-refractivity contribution in [1.82, 2.24) is 19.9 Å². The summed E-state index contributed by atoms with van der Waals surface area (Å²) in [4.78, 5) is 16.9. The lowest BCUT2D eigenvalue weighted by Gasteiger charge is -2.23. The molecule has 1 aliphatic heterocycles. The second kappa shape index (κ2) is 6.84. The average Bonchev–Trinajstić information content (AvgIpc) is 3.08. The molecule has 140 valence electrons. The zero-order valence-electron chi connectivity index (χ0n) is 14.5. The van der Waals surface area contributed by atoms with Crippen LogP contribution in [0.2, 0.25) is 0 Å². The van der Waals surface area contributed by atoms with Crippen LogP contribution in [0.3, 0.4) is 0 Å². The number of hydrogen-bond acceptors (Lipinski definition) is 6. The second-order valence-corrected chi connectivity index (χ2v) is 6.34. The Morgan fingerprint density at radius 1 is 1.41 bits per heavy atom. The summed E-state index contributed by atoms with van der Waals surface area (Å²) in [5, 5.41) is 19.9. The highest BCUT2D eigenvalue weighted by molar-refractivity contribution is 5.99. The van der Waals surface area contributed by atoms with Crippen molar-refractivity contribution in [3.63, 3.8) is 0 Å². The van der Waals surface area contributed by atoms with E-state index in [0.29, 0.717) is 28.3 Å². The summed E-state index contributed by atoms with van der Waals surface area (Å²) in [6.45, 7) is 1.73. The molecule has 2 bridgehead atoms. The molecule has 3 aromatic rings. The fourth-order valence-electron chi connectivity index (χ4n) is 3.00. The van der Waals surface area contributed by atoms with Gasteiger partial charge in [0.1, 0.15) is 29.1 Å². The van der Waals surface area contributed by atoms with E-state index in [1.165, 1.54) is 28.9 Å². The van der Waals surface area contributed by atoms with Gasteiger partial charge < -0.3 is 20.5 Å². The molecule has 0 saturated heterocycles. The highest BCUT2D eigenvalue weighted by atomic mass is 19.1. The maximum atomic E-state index is 13.8. The van der Waals surface area contributed by atoms with E-state index in [0.717, 1.165) is 0 Å². The first kappa shape index (κ1) is 17.2. The molecule has 0 spiro atoms. The molecule has 8 nitrogen and oxygen atoms in total. The molecule has 2 atom stereocenters. The van der Waals surface area contributed by atoms with Crippen molar-refractivity contribution in [2.75, 3.05) is 18.5 Å². The molecule has 0 unspecified atom stereocenters. The van der Waals surface area contributed by atoms with Crippen molar-refractivity contribution in [3.05, 3.63) is 53.6 Å². The van der Waals surface area contributed by atoms with Crippen molar-refractivity contribution in [2.24, 2.45) is 0 Å². The van der Waals surface area contributed by atoms with E-state index in [1.807, 2.05) is 0 Å². The standard InChI is InChI=1S/C18H18FN5O3/c1-10-7-20-18(26)13-8-21-24-5-4-16(23-17(13)24)22-14(9-25)12-6-11(19)2-3-15(12)27-10/h2-6,8,10,14,25H,7,9H2,1H3,(H,20,26)(H,22,23)/t10-,14+/m0/s1. The molecule has 0 aliphatic carbocycles. The van der Waals surface area contributed by atoms with Crippen molar-refractivity contribution in [3.8, 4) is 5.75 Å². The van der Waals surface area contributed by atoms with Gasteiger partial charge in [-0.05, 0) is 31.2 Å². The summed E-state index contributed by atoms with van der Waals surface area (Å²) < 4.78 is 21.2. The fraction of sp³-hybridized carbons (Fsp3) is 0.278. The summed E-state index contributed by atoms with van der Waals surface area (Å²) in [6.07, 6.45) is 2.72. The Labute approximate surface area is 154 Å². The number of ether oxygens (including phenoxy) is 1. The van der Waals surface area contributed by atoms with Crippen LogP contribution < -0.4 is 15.4 Å². The summed E-state index contributed by atoms with van der Waals surface area (Å²) in [6, 6.07) is 5.13. The quantitative estimate of drug-likeness (QED) is 0.600. The number of amides is 1.